The number of hydrogen-bond donors (Lipinski definition) is 2. The van der Waals surface area contributed by atoms with E-state index in [0.717, 1.165) is 18.1 Å². The Balaban J connectivity index is 2.03. The molecule has 2 nitrogen and oxygen atoms in total. The Labute approximate surface area is 136 Å². The van der Waals surface area contributed by atoms with Crippen LogP contribution in [0.25, 0.3) is 0 Å². The van der Waals surface area contributed by atoms with Gasteiger partial charge in [0.15, 0.2) is 0 Å². The summed E-state index contributed by atoms with van der Waals surface area (Å²) in [5, 5.41) is 13.2. The summed E-state index contributed by atoms with van der Waals surface area (Å²) in [7, 11) is 0. The molecule has 0 aromatic heterocycles. The van der Waals surface area contributed by atoms with E-state index in [1.54, 1.807) is 6.92 Å². The molecule has 0 radical (unpaired) electrons. The van der Waals surface area contributed by atoms with Crippen LogP contribution in [0.15, 0.2) is 42.5 Å². The molecule has 4 heteroatoms. The zero-order valence-corrected chi connectivity index (χ0v) is 13.5. The highest BCUT2D eigenvalue weighted by Crippen LogP contribution is 2.13. The Morgan fingerprint density at radius 2 is 1.65 bits per heavy atom. The molecule has 0 spiro atoms. The molecule has 2 aromatic carbocycles. The molecule has 0 saturated heterocycles. The second-order valence-corrected chi connectivity index (χ2v) is 5.88. The number of halogens is 2. The normalized spacial score (nSPS) is 13.8. The van der Waals surface area contributed by atoms with E-state index in [-0.39, 0.29) is 6.04 Å². The van der Waals surface area contributed by atoms with Crippen molar-refractivity contribution < 1.29 is 13.9 Å². The molecule has 2 atom stereocenters. The summed E-state index contributed by atoms with van der Waals surface area (Å²) in [5.41, 5.74) is 2.91. The maximum atomic E-state index is 13.3. The summed E-state index contributed by atoms with van der Waals surface area (Å²) in [6, 6.07) is 11.4. The first-order valence-corrected chi connectivity index (χ1v) is 7.92. The lowest BCUT2D eigenvalue weighted by Gasteiger charge is -2.22. The van der Waals surface area contributed by atoms with Crippen molar-refractivity contribution >= 4 is 0 Å². The summed E-state index contributed by atoms with van der Waals surface area (Å²) in [6.07, 6.45) is 0.700. The second kappa shape index (κ2) is 8.18. The van der Waals surface area contributed by atoms with E-state index in [4.69, 9.17) is 0 Å². The molecule has 2 rings (SSSR count). The predicted molar refractivity (Wildman–Crippen MR) is 88.2 cm³/mol. The molecule has 0 aliphatic carbocycles. The first-order valence-electron chi connectivity index (χ1n) is 7.92. The van der Waals surface area contributed by atoms with Gasteiger partial charge >= 0.3 is 0 Å². The van der Waals surface area contributed by atoms with Gasteiger partial charge in [-0.15, -0.1) is 0 Å². The molecule has 0 aliphatic heterocycles. The van der Waals surface area contributed by atoms with Gasteiger partial charge in [0.05, 0.1) is 6.10 Å². The maximum Gasteiger partial charge on any atom is 0.126 e. The van der Waals surface area contributed by atoms with Crippen LogP contribution in [0.2, 0.25) is 0 Å². The van der Waals surface area contributed by atoms with Gasteiger partial charge in [-0.2, -0.15) is 0 Å². The Hall–Kier alpha value is -1.78. The average molecular weight is 319 g/mol. The Morgan fingerprint density at radius 1 is 1.00 bits per heavy atom. The topological polar surface area (TPSA) is 32.3 Å². The van der Waals surface area contributed by atoms with Crippen molar-refractivity contribution in [3.05, 3.63) is 70.8 Å². The molecular weight excluding hydrogens is 296 g/mol. The maximum absolute atomic E-state index is 13.3. The van der Waals surface area contributed by atoms with E-state index in [0.29, 0.717) is 18.5 Å². The third-order valence-electron chi connectivity index (χ3n) is 3.93. The summed E-state index contributed by atoms with van der Waals surface area (Å²) in [4.78, 5) is 0. The van der Waals surface area contributed by atoms with Crippen LogP contribution < -0.4 is 5.32 Å². The minimum Gasteiger partial charge on any atom is -0.392 e. The van der Waals surface area contributed by atoms with Gasteiger partial charge in [0, 0.05) is 18.7 Å². The molecule has 0 heterocycles. The van der Waals surface area contributed by atoms with E-state index in [2.05, 4.69) is 24.4 Å². The number of aliphatic hydroxyl groups excluding tert-OH is 1. The van der Waals surface area contributed by atoms with Gasteiger partial charge in [-0.3, -0.25) is 0 Å². The number of rotatable bonds is 7. The number of nitrogens with one attached hydrogen (secondary N) is 1. The van der Waals surface area contributed by atoms with Gasteiger partial charge in [-0.1, -0.05) is 31.2 Å². The second-order valence-electron chi connectivity index (χ2n) is 5.88. The molecular formula is C19H23F2NO. The minimum absolute atomic E-state index is 0.276. The summed E-state index contributed by atoms with van der Waals surface area (Å²) < 4.78 is 26.6. The molecule has 23 heavy (non-hydrogen) atoms. The molecule has 124 valence electrons. The van der Waals surface area contributed by atoms with Gasteiger partial charge in [0.25, 0.3) is 0 Å². The number of aryl methyl sites for hydroxylation is 1. The molecule has 0 bridgehead atoms. The van der Waals surface area contributed by atoms with Crippen molar-refractivity contribution in [2.24, 2.45) is 0 Å². The highest BCUT2D eigenvalue weighted by atomic mass is 19.1. The molecule has 0 aliphatic rings. The summed E-state index contributed by atoms with van der Waals surface area (Å²) in [5.74, 6) is -1.19. The third kappa shape index (κ3) is 5.41. The monoisotopic (exact) mass is 319 g/mol. The molecule has 0 fully saturated rings. The quantitative estimate of drug-likeness (QED) is 0.817. The van der Waals surface area contributed by atoms with Crippen molar-refractivity contribution in [1.82, 2.24) is 5.32 Å². The lowest BCUT2D eigenvalue weighted by atomic mass is 10.0. The standard InChI is InChI=1S/C19H23F2NO/c1-3-14-5-4-6-15(7-14)12-22-19(13(2)23)10-16-8-17(20)11-18(21)9-16/h4-9,11,13,19,22-23H,3,10,12H2,1-2H3. The lowest BCUT2D eigenvalue weighted by molar-refractivity contribution is 0.143. The van der Waals surface area contributed by atoms with E-state index in [1.165, 1.54) is 17.7 Å². The van der Waals surface area contributed by atoms with Crippen molar-refractivity contribution in [2.45, 2.75) is 45.4 Å². The number of hydrogen-bond acceptors (Lipinski definition) is 2. The van der Waals surface area contributed by atoms with E-state index in [1.807, 2.05) is 12.1 Å². The largest absolute Gasteiger partial charge is 0.392 e. The van der Waals surface area contributed by atoms with Crippen LogP contribution >= 0.6 is 0 Å². The first-order chi connectivity index (χ1) is 11.0. The number of aliphatic hydroxyl groups is 1. The Bertz CT molecular complexity index is 623. The fourth-order valence-electron chi connectivity index (χ4n) is 2.60. The SMILES string of the molecule is CCc1cccc(CNC(Cc2cc(F)cc(F)c2)C(C)O)c1. The van der Waals surface area contributed by atoms with Crippen LogP contribution in [-0.2, 0) is 19.4 Å². The van der Waals surface area contributed by atoms with E-state index >= 15 is 0 Å². The molecule has 0 saturated carbocycles. The summed E-state index contributed by atoms with van der Waals surface area (Å²) in [6.45, 7) is 4.38. The molecule has 0 amide bonds. The van der Waals surface area contributed by atoms with Crippen LogP contribution in [0.1, 0.15) is 30.5 Å². The highest BCUT2D eigenvalue weighted by Gasteiger charge is 2.16. The molecule has 2 aromatic rings. The van der Waals surface area contributed by atoms with Crippen molar-refractivity contribution in [2.75, 3.05) is 0 Å². The zero-order chi connectivity index (χ0) is 16.8. The van der Waals surface area contributed by atoms with Crippen LogP contribution in [-0.4, -0.2) is 17.3 Å². The van der Waals surface area contributed by atoms with Gasteiger partial charge in [0.2, 0.25) is 0 Å². The van der Waals surface area contributed by atoms with Gasteiger partial charge in [0.1, 0.15) is 11.6 Å². The van der Waals surface area contributed by atoms with Gasteiger partial charge < -0.3 is 10.4 Å². The van der Waals surface area contributed by atoms with Crippen LogP contribution in [0, 0.1) is 11.6 Å². The lowest BCUT2D eigenvalue weighted by Crippen LogP contribution is -2.39. The van der Waals surface area contributed by atoms with Gasteiger partial charge in [-0.25, -0.2) is 8.78 Å². The zero-order valence-electron chi connectivity index (χ0n) is 13.5. The average Bonchev–Trinajstić information content (AvgIpc) is 2.50. The minimum atomic E-state index is -0.629. The van der Waals surface area contributed by atoms with Crippen LogP contribution in [0.5, 0.6) is 0 Å². The summed E-state index contributed by atoms with van der Waals surface area (Å²) >= 11 is 0. The van der Waals surface area contributed by atoms with Crippen LogP contribution in [0.3, 0.4) is 0 Å². The third-order valence-corrected chi connectivity index (χ3v) is 3.93. The van der Waals surface area contributed by atoms with Crippen molar-refractivity contribution in [1.29, 1.82) is 0 Å². The Kier molecular flexibility index (Phi) is 6.25. The fourth-order valence-corrected chi connectivity index (χ4v) is 2.60. The fraction of sp³-hybridized carbons (Fsp3) is 0.368. The Morgan fingerprint density at radius 3 is 2.26 bits per heavy atom. The van der Waals surface area contributed by atoms with Crippen LogP contribution in [0.4, 0.5) is 8.78 Å². The highest BCUT2D eigenvalue weighted by molar-refractivity contribution is 5.24. The first kappa shape index (κ1) is 17.6. The van der Waals surface area contributed by atoms with E-state index in [9.17, 15) is 13.9 Å². The number of benzene rings is 2. The molecule has 2 unspecified atom stereocenters. The van der Waals surface area contributed by atoms with Gasteiger partial charge in [-0.05, 0) is 48.6 Å². The smallest absolute Gasteiger partial charge is 0.126 e. The van der Waals surface area contributed by atoms with Crippen molar-refractivity contribution in [3.8, 4) is 0 Å². The van der Waals surface area contributed by atoms with Crippen molar-refractivity contribution in [3.63, 3.8) is 0 Å². The predicted octanol–water partition coefficient (Wildman–Crippen LogP) is 3.61. The molecule has 2 N–H and O–H groups in total. The van der Waals surface area contributed by atoms with E-state index < -0.39 is 17.7 Å².